The number of likely N-dealkylation sites (N-methyl/N-ethyl adjacent to an activating group) is 1. The number of nitrogens with zero attached hydrogens (tertiary/aromatic N) is 2. The summed E-state index contributed by atoms with van der Waals surface area (Å²) >= 11 is 0. The van der Waals surface area contributed by atoms with Gasteiger partial charge in [0.2, 0.25) is 0 Å². The van der Waals surface area contributed by atoms with Gasteiger partial charge in [-0.3, -0.25) is 4.90 Å². The third kappa shape index (κ3) is 3.30. The molecule has 0 spiro atoms. The van der Waals surface area contributed by atoms with Crippen LogP contribution in [0.5, 0.6) is 0 Å². The summed E-state index contributed by atoms with van der Waals surface area (Å²) in [4.78, 5) is 5.08. The second-order valence-corrected chi connectivity index (χ2v) is 5.58. The number of benzene rings is 1. The van der Waals surface area contributed by atoms with Gasteiger partial charge in [0, 0.05) is 32.2 Å². The topological polar surface area (TPSA) is 6.48 Å². The number of hydrogen-bond acceptors (Lipinski definition) is 2. The fourth-order valence-electron chi connectivity index (χ4n) is 2.64. The molecular formula is C15H24N2. The average Bonchev–Trinajstić information content (AvgIpc) is 2.32. The molecule has 0 radical (unpaired) electrons. The summed E-state index contributed by atoms with van der Waals surface area (Å²) < 4.78 is 0. The van der Waals surface area contributed by atoms with E-state index in [1.165, 1.54) is 25.2 Å². The summed E-state index contributed by atoms with van der Waals surface area (Å²) in [5, 5.41) is 0. The molecule has 0 amide bonds. The van der Waals surface area contributed by atoms with Crippen molar-refractivity contribution in [3.8, 4) is 0 Å². The molecule has 0 saturated carbocycles. The first-order valence-electron chi connectivity index (χ1n) is 6.64. The summed E-state index contributed by atoms with van der Waals surface area (Å²) in [5.74, 6) is 0.740. The standard InChI is InChI=1S/C15H24N2/c1-13(2)11-17-10-9-16(3)12-15(17)14-7-5-4-6-8-14/h4-8,13,15H,9-12H2,1-3H3. The van der Waals surface area contributed by atoms with Gasteiger partial charge in [-0.2, -0.15) is 0 Å². The van der Waals surface area contributed by atoms with E-state index in [-0.39, 0.29) is 0 Å². The fraction of sp³-hybridized carbons (Fsp3) is 0.600. The third-order valence-corrected chi connectivity index (χ3v) is 3.48. The predicted molar refractivity (Wildman–Crippen MR) is 73.1 cm³/mol. The largest absolute Gasteiger partial charge is 0.303 e. The lowest BCUT2D eigenvalue weighted by atomic mass is 10.0. The van der Waals surface area contributed by atoms with E-state index in [0.717, 1.165) is 12.5 Å². The maximum absolute atomic E-state index is 2.64. The van der Waals surface area contributed by atoms with Crippen molar-refractivity contribution in [3.05, 3.63) is 35.9 Å². The van der Waals surface area contributed by atoms with Gasteiger partial charge in [0.05, 0.1) is 0 Å². The van der Waals surface area contributed by atoms with E-state index in [0.29, 0.717) is 6.04 Å². The Bertz CT molecular complexity index is 334. The smallest absolute Gasteiger partial charge is 0.0475 e. The monoisotopic (exact) mass is 232 g/mol. The van der Waals surface area contributed by atoms with Gasteiger partial charge in [0.25, 0.3) is 0 Å². The van der Waals surface area contributed by atoms with Crippen molar-refractivity contribution in [3.63, 3.8) is 0 Å². The molecule has 2 heteroatoms. The van der Waals surface area contributed by atoms with Crippen LogP contribution in [-0.2, 0) is 0 Å². The highest BCUT2D eigenvalue weighted by molar-refractivity contribution is 5.20. The van der Waals surface area contributed by atoms with Crippen LogP contribution in [0.2, 0.25) is 0 Å². The van der Waals surface area contributed by atoms with E-state index < -0.39 is 0 Å². The van der Waals surface area contributed by atoms with Gasteiger partial charge in [-0.1, -0.05) is 44.2 Å². The molecule has 1 aromatic rings. The van der Waals surface area contributed by atoms with E-state index in [2.05, 4.69) is 61.0 Å². The molecule has 0 aliphatic carbocycles. The van der Waals surface area contributed by atoms with Gasteiger partial charge in [0.1, 0.15) is 0 Å². The first-order chi connectivity index (χ1) is 8.16. The zero-order valence-electron chi connectivity index (χ0n) is 11.3. The summed E-state index contributed by atoms with van der Waals surface area (Å²) in [6, 6.07) is 11.5. The molecule has 1 aromatic carbocycles. The van der Waals surface area contributed by atoms with Crippen LogP contribution in [0.15, 0.2) is 30.3 Å². The van der Waals surface area contributed by atoms with E-state index in [1.807, 2.05) is 0 Å². The first-order valence-corrected chi connectivity index (χ1v) is 6.64. The maximum atomic E-state index is 2.64. The molecule has 1 unspecified atom stereocenters. The lowest BCUT2D eigenvalue weighted by molar-refractivity contribution is 0.0795. The number of rotatable bonds is 3. The molecule has 1 heterocycles. The molecular weight excluding hydrogens is 208 g/mol. The minimum Gasteiger partial charge on any atom is -0.303 e. The van der Waals surface area contributed by atoms with Crippen molar-refractivity contribution >= 4 is 0 Å². The van der Waals surface area contributed by atoms with E-state index in [4.69, 9.17) is 0 Å². The fourth-order valence-corrected chi connectivity index (χ4v) is 2.64. The zero-order valence-corrected chi connectivity index (χ0v) is 11.3. The van der Waals surface area contributed by atoms with Gasteiger partial charge in [0.15, 0.2) is 0 Å². The molecule has 94 valence electrons. The second kappa shape index (κ2) is 5.65. The van der Waals surface area contributed by atoms with Crippen LogP contribution in [0.4, 0.5) is 0 Å². The Hall–Kier alpha value is -0.860. The Labute approximate surface area is 105 Å². The van der Waals surface area contributed by atoms with Gasteiger partial charge >= 0.3 is 0 Å². The lowest BCUT2D eigenvalue weighted by Gasteiger charge is -2.41. The summed E-state index contributed by atoms with van der Waals surface area (Å²) in [6.45, 7) is 9.34. The van der Waals surface area contributed by atoms with E-state index in [1.54, 1.807) is 0 Å². The van der Waals surface area contributed by atoms with Crippen molar-refractivity contribution < 1.29 is 0 Å². The normalized spacial score (nSPS) is 23.2. The molecule has 2 nitrogen and oxygen atoms in total. The minimum atomic E-state index is 0.567. The molecule has 2 rings (SSSR count). The minimum absolute atomic E-state index is 0.567. The highest BCUT2D eigenvalue weighted by Gasteiger charge is 2.26. The van der Waals surface area contributed by atoms with Crippen molar-refractivity contribution in [2.24, 2.45) is 5.92 Å². The lowest BCUT2D eigenvalue weighted by Crippen LogP contribution is -2.47. The zero-order chi connectivity index (χ0) is 12.3. The van der Waals surface area contributed by atoms with Crippen LogP contribution >= 0.6 is 0 Å². The quantitative estimate of drug-likeness (QED) is 0.790. The molecule has 1 aliphatic heterocycles. The van der Waals surface area contributed by atoms with Crippen LogP contribution < -0.4 is 0 Å². The summed E-state index contributed by atoms with van der Waals surface area (Å²) in [7, 11) is 2.22. The molecule has 1 atom stereocenters. The second-order valence-electron chi connectivity index (χ2n) is 5.58. The number of piperazine rings is 1. The Morgan fingerprint density at radius 2 is 1.88 bits per heavy atom. The van der Waals surface area contributed by atoms with Crippen LogP contribution in [0.1, 0.15) is 25.5 Å². The average molecular weight is 232 g/mol. The Morgan fingerprint density at radius 3 is 2.53 bits per heavy atom. The van der Waals surface area contributed by atoms with Gasteiger partial charge in [-0.15, -0.1) is 0 Å². The summed E-state index contributed by atoms with van der Waals surface area (Å²) in [5.41, 5.74) is 1.46. The highest BCUT2D eigenvalue weighted by Crippen LogP contribution is 2.25. The van der Waals surface area contributed by atoms with Crippen LogP contribution in [0.3, 0.4) is 0 Å². The first kappa shape index (κ1) is 12.6. The summed E-state index contributed by atoms with van der Waals surface area (Å²) in [6.07, 6.45) is 0. The van der Waals surface area contributed by atoms with E-state index in [9.17, 15) is 0 Å². The highest BCUT2D eigenvalue weighted by atomic mass is 15.3. The van der Waals surface area contributed by atoms with Crippen molar-refractivity contribution in [2.75, 3.05) is 33.2 Å². The Kier molecular flexibility index (Phi) is 4.19. The van der Waals surface area contributed by atoms with Gasteiger partial charge < -0.3 is 4.90 Å². The van der Waals surface area contributed by atoms with Crippen molar-refractivity contribution in [1.82, 2.24) is 9.80 Å². The molecule has 17 heavy (non-hydrogen) atoms. The van der Waals surface area contributed by atoms with Gasteiger partial charge in [-0.05, 0) is 18.5 Å². The maximum Gasteiger partial charge on any atom is 0.0475 e. The van der Waals surface area contributed by atoms with Crippen LogP contribution in [0.25, 0.3) is 0 Å². The molecule has 0 bridgehead atoms. The Morgan fingerprint density at radius 1 is 1.18 bits per heavy atom. The Balaban J connectivity index is 2.14. The van der Waals surface area contributed by atoms with Gasteiger partial charge in [-0.25, -0.2) is 0 Å². The molecule has 0 N–H and O–H groups in total. The molecule has 0 aromatic heterocycles. The van der Waals surface area contributed by atoms with Crippen molar-refractivity contribution in [2.45, 2.75) is 19.9 Å². The third-order valence-electron chi connectivity index (χ3n) is 3.48. The molecule has 1 aliphatic rings. The van der Waals surface area contributed by atoms with Crippen LogP contribution in [-0.4, -0.2) is 43.0 Å². The molecule has 1 fully saturated rings. The van der Waals surface area contributed by atoms with Crippen LogP contribution in [0, 0.1) is 5.92 Å². The predicted octanol–water partition coefficient (Wildman–Crippen LogP) is 2.63. The SMILES string of the molecule is CC(C)CN1CCN(C)CC1c1ccccc1. The van der Waals surface area contributed by atoms with Crippen molar-refractivity contribution in [1.29, 1.82) is 0 Å². The van der Waals surface area contributed by atoms with E-state index >= 15 is 0 Å². The number of hydrogen-bond donors (Lipinski definition) is 0. The molecule has 1 saturated heterocycles.